The molecule has 0 aromatic heterocycles. The van der Waals surface area contributed by atoms with E-state index in [1.807, 2.05) is 30.3 Å². The Balaban J connectivity index is 1.55. The summed E-state index contributed by atoms with van der Waals surface area (Å²) >= 11 is 0. The van der Waals surface area contributed by atoms with Crippen molar-refractivity contribution in [2.24, 2.45) is 11.8 Å². The lowest BCUT2D eigenvalue weighted by Gasteiger charge is -2.21. The number of benzene rings is 1. The Morgan fingerprint density at radius 3 is 2.80 bits per heavy atom. The first-order valence-electron chi connectivity index (χ1n) is 7.22. The van der Waals surface area contributed by atoms with Crippen LogP contribution in [0.1, 0.15) is 24.8 Å². The smallest absolute Gasteiger partial charge is 0.410 e. The predicted octanol–water partition coefficient (Wildman–Crippen LogP) is 2.62. The van der Waals surface area contributed by atoms with Gasteiger partial charge in [-0.2, -0.15) is 0 Å². The summed E-state index contributed by atoms with van der Waals surface area (Å²) in [6, 6.07) is 9.64. The van der Waals surface area contributed by atoms with Crippen molar-refractivity contribution >= 4 is 11.9 Å². The predicted molar refractivity (Wildman–Crippen MR) is 74.0 cm³/mol. The van der Waals surface area contributed by atoms with Gasteiger partial charge >= 0.3 is 6.09 Å². The number of hydrogen-bond acceptors (Lipinski definition) is 3. The SMILES string of the molecule is O=C1CCC[C@H]2CN(C(=O)OCc3ccccc3)C[C@@H]12. The van der Waals surface area contributed by atoms with Gasteiger partial charge in [0.25, 0.3) is 0 Å². The van der Waals surface area contributed by atoms with Crippen LogP contribution in [0.2, 0.25) is 0 Å². The second-order valence-electron chi connectivity index (χ2n) is 5.67. The molecular formula is C16H19NO3. The van der Waals surface area contributed by atoms with Gasteiger partial charge in [0.05, 0.1) is 0 Å². The van der Waals surface area contributed by atoms with Crippen LogP contribution in [0.15, 0.2) is 30.3 Å². The van der Waals surface area contributed by atoms with E-state index in [0.29, 0.717) is 37.8 Å². The number of hydrogen-bond donors (Lipinski definition) is 0. The molecule has 1 aliphatic carbocycles. The number of Topliss-reactive ketones (excluding diaryl/α,β-unsaturated/α-hetero) is 1. The normalized spacial score (nSPS) is 25.4. The quantitative estimate of drug-likeness (QED) is 0.832. The van der Waals surface area contributed by atoms with Crippen LogP contribution in [0.25, 0.3) is 0 Å². The van der Waals surface area contributed by atoms with E-state index < -0.39 is 0 Å². The fourth-order valence-electron chi connectivity index (χ4n) is 3.21. The maximum absolute atomic E-state index is 12.1. The molecule has 0 spiro atoms. The third-order valence-electron chi connectivity index (χ3n) is 4.32. The average molecular weight is 273 g/mol. The highest BCUT2D eigenvalue weighted by Crippen LogP contribution is 2.34. The molecule has 2 atom stereocenters. The first-order chi connectivity index (χ1) is 9.74. The van der Waals surface area contributed by atoms with Crippen molar-refractivity contribution in [3.8, 4) is 0 Å². The molecule has 1 aromatic carbocycles. The number of fused-ring (bicyclic) bond motifs is 1. The molecule has 0 radical (unpaired) electrons. The van der Waals surface area contributed by atoms with Gasteiger partial charge in [-0.3, -0.25) is 4.79 Å². The van der Waals surface area contributed by atoms with E-state index in [0.717, 1.165) is 18.4 Å². The molecule has 2 fully saturated rings. The van der Waals surface area contributed by atoms with E-state index in [4.69, 9.17) is 4.74 Å². The number of carbonyl (C=O) groups excluding carboxylic acids is 2. The molecule has 0 N–H and O–H groups in total. The maximum atomic E-state index is 12.1. The van der Waals surface area contributed by atoms with Gasteiger partial charge in [-0.25, -0.2) is 4.79 Å². The van der Waals surface area contributed by atoms with Crippen LogP contribution < -0.4 is 0 Å². The Hall–Kier alpha value is -1.84. The van der Waals surface area contributed by atoms with Crippen LogP contribution >= 0.6 is 0 Å². The van der Waals surface area contributed by atoms with Crippen molar-refractivity contribution in [2.45, 2.75) is 25.9 Å². The summed E-state index contributed by atoms with van der Waals surface area (Å²) < 4.78 is 5.33. The average Bonchev–Trinajstić information content (AvgIpc) is 2.91. The van der Waals surface area contributed by atoms with Crippen molar-refractivity contribution in [1.82, 2.24) is 4.90 Å². The standard InChI is InChI=1S/C16H19NO3/c18-15-8-4-7-13-9-17(10-14(13)15)16(19)20-11-12-5-2-1-3-6-12/h1-3,5-6,13-14H,4,7-11H2/t13-,14+/m0/s1. The van der Waals surface area contributed by atoms with Crippen molar-refractivity contribution in [2.75, 3.05) is 13.1 Å². The lowest BCUT2D eigenvalue weighted by molar-refractivity contribution is -0.125. The fraction of sp³-hybridized carbons (Fsp3) is 0.500. The molecule has 0 unspecified atom stereocenters. The molecule has 3 rings (SSSR count). The van der Waals surface area contributed by atoms with Crippen LogP contribution in [-0.4, -0.2) is 29.9 Å². The number of likely N-dealkylation sites (tertiary alicyclic amines) is 1. The van der Waals surface area contributed by atoms with Crippen LogP contribution in [0.4, 0.5) is 4.79 Å². The van der Waals surface area contributed by atoms with Crippen molar-refractivity contribution < 1.29 is 14.3 Å². The van der Waals surface area contributed by atoms with Crippen molar-refractivity contribution in [1.29, 1.82) is 0 Å². The van der Waals surface area contributed by atoms with Gasteiger partial charge in [0.1, 0.15) is 12.4 Å². The van der Waals surface area contributed by atoms with E-state index in [1.165, 1.54) is 0 Å². The van der Waals surface area contributed by atoms with Crippen LogP contribution in [0, 0.1) is 11.8 Å². The zero-order valence-electron chi connectivity index (χ0n) is 11.5. The molecule has 1 saturated carbocycles. The minimum atomic E-state index is -0.295. The lowest BCUT2D eigenvalue weighted by Crippen LogP contribution is -2.30. The molecule has 0 bridgehead atoms. The first-order valence-corrected chi connectivity index (χ1v) is 7.22. The highest BCUT2D eigenvalue weighted by Gasteiger charge is 2.41. The molecule has 4 heteroatoms. The summed E-state index contributed by atoms with van der Waals surface area (Å²) in [6.45, 7) is 1.50. The molecule has 2 aliphatic rings. The molecule has 1 saturated heterocycles. The Labute approximate surface area is 118 Å². The molecule has 4 nitrogen and oxygen atoms in total. The van der Waals surface area contributed by atoms with Gasteiger partial charge in [0.2, 0.25) is 0 Å². The number of ether oxygens (including phenoxy) is 1. The minimum absolute atomic E-state index is 0.0491. The Kier molecular flexibility index (Phi) is 3.72. The van der Waals surface area contributed by atoms with E-state index in [2.05, 4.69) is 0 Å². The van der Waals surface area contributed by atoms with Gasteiger partial charge < -0.3 is 9.64 Å². The number of amides is 1. The van der Waals surface area contributed by atoms with Gasteiger partial charge in [-0.1, -0.05) is 30.3 Å². The molecule has 106 valence electrons. The van der Waals surface area contributed by atoms with Crippen LogP contribution in [-0.2, 0) is 16.1 Å². The van der Waals surface area contributed by atoms with Crippen molar-refractivity contribution in [3.05, 3.63) is 35.9 Å². The Bertz CT molecular complexity index is 500. The van der Waals surface area contributed by atoms with E-state index >= 15 is 0 Å². The molecule has 1 aromatic rings. The summed E-state index contributed by atoms with van der Waals surface area (Å²) in [6.07, 6.45) is 2.40. The largest absolute Gasteiger partial charge is 0.445 e. The molecule has 1 amide bonds. The van der Waals surface area contributed by atoms with E-state index in [1.54, 1.807) is 4.90 Å². The lowest BCUT2D eigenvalue weighted by atomic mass is 9.81. The van der Waals surface area contributed by atoms with Crippen LogP contribution in [0.5, 0.6) is 0 Å². The Morgan fingerprint density at radius 2 is 2.05 bits per heavy atom. The molecule has 20 heavy (non-hydrogen) atoms. The van der Waals surface area contributed by atoms with Crippen molar-refractivity contribution in [3.63, 3.8) is 0 Å². The number of ketones is 1. The van der Waals surface area contributed by atoms with Gasteiger partial charge in [-0.05, 0) is 24.3 Å². The minimum Gasteiger partial charge on any atom is -0.445 e. The van der Waals surface area contributed by atoms with Gasteiger partial charge in [0, 0.05) is 25.4 Å². The third-order valence-corrected chi connectivity index (χ3v) is 4.32. The van der Waals surface area contributed by atoms with E-state index in [-0.39, 0.29) is 12.0 Å². The van der Waals surface area contributed by atoms with Gasteiger partial charge in [-0.15, -0.1) is 0 Å². The summed E-state index contributed by atoms with van der Waals surface area (Å²) in [4.78, 5) is 25.6. The maximum Gasteiger partial charge on any atom is 0.410 e. The molecule has 1 aliphatic heterocycles. The molecular weight excluding hydrogens is 254 g/mol. The highest BCUT2D eigenvalue weighted by molar-refractivity contribution is 5.83. The fourth-order valence-corrected chi connectivity index (χ4v) is 3.21. The third kappa shape index (κ3) is 2.69. The summed E-state index contributed by atoms with van der Waals surface area (Å²) in [5.41, 5.74) is 0.980. The second kappa shape index (κ2) is 5.65. The Morgan fingerprint density at radius 1 is 1.25 bits per heavy atom. The highest BCUT2D eigenvalue weighted by atomic mass is 16.6. The second-order valence-corrected chi connectivity index (χ2v) is 5.67. The first kappa shape index (κ1) is 13.2. The van der Waals surface area contributed by atoms with Gasteiger partial charge in [0.15, 0.2) is 0 Å². The zero-order valence-corrected chi connectivity index (χ0v) is 11.5. The number of rotatable bonds is 2. The summed E-state index contributed by atoms with van der Waals surface area (Å²) in [7, 11) is 0. The monoisotopic (exact) mass is 273 g/mol. The van der Waals surface area contributed by atoms with Crippen LogP contribution in [0.3, 0.4) is 0 Å². The topological polar surface area (TPSA) is 46.6 Å². The summed E-state index contributed by atoms with van der Waals surface area (Å²) in [5.74, 6) is 0.716. The van der Waals surface area contributed by atoms with E-state index in [9.17, 15) is 9.59 Å². The summed E-state index contributed by atoms with van der Waals surface area (Å²) in [5, 5.41) is 0. The zero-order chi connectivity index (χ0) is 13.9. The molecule has 1 heterocycles. The number of nitrogens with zero attached hydrogens (tertiary/aromatic N) is 1. The number of carbonyl (C=O) groups is 2.